The van der Waals surface area contributed by atoms with Gasteiger partial charge in [0.15, 0.2) is 5.82 Å². The maximum absolute atomic E-state index is 11.3. The van der Waals surface area contributed by atoms with E-state index >= 15 is 0 Å². The van der Waals surface area contributed by atoms with Crippen LogP contribution in [0.2, 0.25) is 0 Å². The van der Waals surface area contributed by atoms with Gasteiger partial charge in [0.2, 0.25) is 0 Å². The summed E-state index contributed by atoms with van der Waals surface area (Å²) in [6, 6.07) is 0.279. The fourth-order valence-corrected chi connectivity index (χ4v) is 2.68. The summed E-state index contributed by atoms with van der Waals surface area (Å²) in [4.78, 5) is 11.3. The molecule has 3 rings (SSSR count). The van der Waals surface area contributed by atoms with E-state index in [4.69, 9.17) is 0 Å². The van der Waals surface area contributed by atoms with E-state index in [1.54, 1.807) is 11.6 Å². The van der Waals surface area contributed by atoms with Gasteiger partial charge in [-0.1, -0.05) is 0 Å². The SMILES string of the molecule is Cn1c(C2NCCC2C2CC2)n[nH]c1=O. The van der Waals surface area contributed by atoms with Crippen LogP contribution in [0, 0.1) is 11.8 Å². The fraction of sp³-hybridized carbons (Fsp3) is 0.800. The lowest BCUT2D eigenvalue weighted by Crippen LogP contribution is -2.25. The van der Waals surface area contributed by atoms with Crippen LogP contribution in [0.15, 0.2) is 4.79 Å². The third-order valence-electron chi connectivity index (χ3n) is 3.69. The van der Waals surface area contributed by atoms with E-state index < -0.39 is 0 Å². The molecule has 0 aromatic carbocycles. The molecular formula is C10H16N4O. The zero-order valence-corrected chi connectivity index (χ0v) is 8.86. The minimum absolute atomic E-state index is 0.117. The van der Waals surface area contributed by atoms with Gasteiger partial charge in [0.1, 0.15) is 0 Å². The number of hydrogen-bond donors (Lipinski definition) is 2. The van der Waals surface area contributed by atoms with Crippen molar-refractivity contribution in [1.29, 1.82) is 0 Å². The largest absolute Gasteiger partial charge is 0.343 e. The molecule has 0 radical (unpaired) electrons. The van der Waals surface area contributed by atoms with Gasteiger partial charge in [0, 0.05) is 7.05 Å². The molecule has 15 heavy (non-hydrogen) atoms. The third kappa shape index (κ3) is 1.42. The molecule has 1 aliphatic heterocycles. The number of H-pyrrole nitrogens is 1. The molecule has 5 nitrogen and oxygen atoms in total. The number of hydrogen-bond acceptors (Lipinski definition) is 3. The molecule has 0 spiro atoms. The Morgan fingerprint density at radius 3 is 2.80 bits per heavy atom. The molecule has 1 saturated carbocycles. The normalized spacial score (nSPS) is 31.0. The number of aromatic amines is 1. The molecule has 0 amide bonds. The van der Waals surface area contributed by atoms with Gasteiger partial charge >= 0.3 is 5.69 Å². The van der Waals surface area contributed by atoms with Crippen molar-refractivity contribution in [2.45, 2.75) is 25.3 Å². The van der Waals surface area contributed by atoms with Gasteiger partial charge in [-0.15, -0.1) is 0 Å². The van der Waals surface area contributed by atoms with Gasteiger partial charge in [-0.25, -0.2) is 9.89 Å². The summed E-state index contributed by atoms with van der Waals surface area (Å²) in [5.41, 5.74) is -0.117. The van der Waals surface area contributed by atoms with E-state index in [2.05, 4.69) is 15.5 Å². The molecule has 2 unspecified atom stereocenters. The Morgan fingerprint density at radius 2 is 2.20 bits per heavy atom. The lowest BCUT2D eigenvalue weighted by Gasteiger charge is -2.17. The first-order valence-corrected chi connectivity index (χ1v) is 5.62. The molecule has 2 atom stereocenters. The zero-order chi connectivity index (χ0) is 10.4. The Balaban J connectivity index is 1.92. The summed E-state index contributed by atoms with van der Waals surface area (Å²) in [6.45, 7) is 1.05. The first kappa shape index (κ1) is 9.15. The van der Waals surface area contributed by atoms with Crippen molar-refractivity contribution in [3.63, 3.8) is 0 Å². The summed E-state index contributed by atoms with van der Waals surface area (Å²) in [5, 5.41) is 10.1. The molecule has 2 N–H and O–H groups in total. The lowest BCUT2D eigenvalue weighted by molar-refractivity contribution is 0.388. The maximum atomic E-state index is 11.3. The molecule has 1 aromatic heterocycles. The van der Waals surface area contributed by atoms with Crippen LogP contribution >= 0.6 is 0 Å². The third-order valence-corrected chi connectivity index (χ3v) is 3.69. The number of rotatable bonds is 2. The van der Waals surface area contributed by atoms with Gasteiger partial charge in [0.25, 0.3) is 0 Å². The average Bonchev–Trinajstić information content (AvgIpc) is 2.88. The van der Waals surface area contributed by atoms with Crippen molar-refractivity contribution in [2.24, 2.45) is 18.9 Å². The van der Waals surface area contributed by atoms with Crippen LogP contribution in [0.25, 0.3) is 0 Å². The van der Waals surface area contributed by atoms with E-state index in [1.165, 1.54) is 19.3 Å². The van der Waals surface area contributed by atoms with Crippen molar-refractivity contribution in [2.75, 3.05) is 6.54 Å². The predicted octanol–water partition coefficient (Wildman–Crippen LogP) is 0.169. The van der Waals surface area contributed by atoms with Crippen molar-refractivity contribution < 1.29 is 0 Å². The van der Waals surface area contributed by atoms with Crippen molar-refractivity contribution in [1.82, 2.24) is 20.1 Å². The summed E-state index contributed by atoms with van der Waals surface area (Å²) < 4.78 is 1.62. The van der Waals surface area contributed by atoms with Crippen LogP contribution in [0.5, 0.6) is 0 Å². The summed E-state index contributed by atoms with van der Waals surface area (Å²) in [5.74, 6) is 2.41. The molecule has 1 aliphatic carbocycles. The zero-order valence-electron chi connectivity index (χ0n) is 8.86. The first-order chi connectivity index (χ1) is 7.27. The smallest absolute Gasteiger partial charge is 0.307 e. The molecule has 2 fully saturated rings. The lowest BCUT2D eigenvalue weighted by atomic mass is 9.95. The summed E-state index contributed by atoms with van der Waals surface area (Å²) in [7, 11) is 1.78. The molecule has 2 heterocycles. The van der Waals surface area contributed by atoms with Gasteiger partial charge < -0.3 is 5.32 Å². The highest BCUT2D eigenvalue weighted by atomic mass is 16.1. The second kappa shape index (κ2) is 3.20. The summed E-state index contributed by atoms with van der Waals surface area (Å²) in [6.07, 6.45) is 3.92. The van der Waals surface area contributed by atoms with E-state index in [1.807, 2.05) is 0 Å². The summed E-state index contributed by atoms with van der Waals surface area (Å²) >= 11 is 0. The Labute approximate surface area is 87.9 Å². The van der Waals surface area contributed by atoms with Crippen molar-refractivity contribution in [3.05, 3.63) is 16.3 Å². The topological polar surface area (TPSA) is 62.7 Å². The van der Waals surface area contributed by atoms with Crippen molar-refractivity contribution in [3.8, 4) is 0 Å². The van der Waals surface area contributed by atoms with Gasteiger partial charge in [-0.05, 0) is 37.6 Å². The van der Waals surface area contributed by atoms with Crippen LogP contribution in [0.3, 0.4) is 0 Å². The molecule has 1 saturated heterocycles. The van der Waals surface area contributed by atoms with Gasteiger partial charge in [0.05, 0.1) is 6.04 Å². The number of aromatic nitrogens is 3. The average molecular weight is 208 g/mol. The van der Waals surface area contributed by atoms with Crippen LogP contribution in [-0.4, -0.2) is 21.3 Å². The monoisotopic (exact) mass is 208 g/mol. The van der Waals surface area contributed by atoms with E-state index in [0.29, 0.717) is 5.92 Å². The second-order valence-corrected chi connectivity index (χ2v) is 4.67. The highest BCUT2D eigenvalue weighted by Gasteiger charge is 2.41. The Morgan fingerprint density at radius 1 is 1.40 bits per heavy atom. The molecular weight excluding hydrogens is 192 g/mol. The van der Waals surface area contributed by atoms with Gasteiger partial charge in [-0.3, -0.25) is 4.57 Å². The van der Waals surface area contributed by atoms with E-state index in [-0.39, 0.29) is 11.7 Å². The quantitative estimate of drug-likeness (QED) is 0.728. The van der Waals surface area contributed by atoms with E-state index in [0.717, 1.165) is 18.3 Å². The van der Waals surface area contributed by atoms with Crippen molar-refractivity contribution >= 4 is 0 Å². The molecule has 1 aromatic rings. The Kier molecular flexibility index (Phi) is 1.95. The standard InChI is InChI=1S/C10H16N4O/c1-14-9(12-13-10(14)15)8-7(4-5-11-8)6-2-3-6/h6-8,11H,2-5H2,1H3,(H,13,15). The Hall–Kier alpha value is -1.10. The molecule has 2 aliphatic rings. The molecule has 0 bridgehead atoms. The van der Waals surface area contributed by atoms with Crippen LogP contribution in [-0.2, 0) is 7.05 Å². The minimum atomic E-state index is -0.117. The van der Waals surface area contributed by atoms with Crippen LogP contribution in [0.4, 0.5) is 0 Å². The highest BCUT2D eigenvalue weighted by molar-refractivity contribution is 5.04. The number of nitrogens with zero attached hydrogens (tertiary/aromatic N) is 2. The predicted molar refractivity (Wildman–Crippen MR) is 55.4 cm³/mol. The van der Waals surface area contributed by atoms with Crippen LogP contribution < -0.4 is 11.0 Å². The van der Waals surface area contributed by atoms with Gasteiger partial charge in [-0.2, -0.15) is 5.10 Å². The van der Waals surface area contributed by atoms with Crippen LogP contribution in [0.1, 0.15) is 31.1 Å². The minimum Gasteiger partial charge on any atom is -0.307 e. The highest BCUT2D eigenvalue weighted by Crippen LogP contribution is 2.46. The fourth-order valence-electron chi connectivity index (χ4n) is 2.68. The maximum Gasteiger partial charge on any atom is 0.343 e. The molecule has 82 valence electrons. The second-order valence-electron chi connectivity index (χ2n) is 4.67. The van der Waals surface area contributed by atoms with E-state index in [9.17, 15) is 4.79 Å². The Bertz CT molecular complexity index is 417. The molecule has 5 heteroatoms. The number of nitrogens with one attached hydrogen (secondary N) is 2. The first-order valence-electron chi connectivity index (χ1n) is 5.62.